The van der Waals surface area contributed by atoms with Gasteiger partial charge in [-0.3, -0.25) is 0 Å². The minimum atomic E-state index is 0.890. The molecule has 1 radical (unpaired) electrons. The molecule has 13 heavy (non-hydrogen) atoms. The Morgan fingerprint density at radius 3 is 2.54 bits per heavy atom. The summed E-state index contributed by atoms with van der Waals surface area (Å²) in [6.07, 6.45) is 0. The van der Waals surface area contributed by atoms with Crippen molar-refractivity contribution in [1.82, 2.24) is 0 Å². The smallest absolute Gasteiger partial charge is 0.132 e. The summed E-state index contributed by atoms with van der Waals surface area (Å²) >= 11 is 0. The van der Waals surface area contributed by atoms with E-state index in [9.17, 15) is 0 Å². The van der Waals surface area contributed by atoms with Gasteiger partial charge in [-0.05, 0) is 29.8 Å². The van der Waals surface area contributed by atoms with Gasteiger partial charge in [0.15, 0.2) is 0 Å². The molecule has 2 rings (SSSR count). The van der Waals surface area contributed by atoms with Crippen molar-refractivity contribution in [2.75, 3.05) is 0 Å². The van der Waals surface area contributed by atoms with Gasteiger partial charge in [-0.15, -0.1) is 0 Å². The van der Waals surface area contributed by atoms with Crippen LogP contribution >= 0.6 is 0 Å². The molecule has 0 unspecified atom stereocenters. The van der Waals surface area contributed by atoms with Crippen LogP contribution in [0.1, 0.15) is 6.92 Å². The lowest BCUT2D eigenvalue weighted by Gasteiger charge is -2.03. The third-order valence-corrected chi connectivity index (χ3v) is 1.97. The standard InChI is InChI=1S/C12H11O/c1-2-13-12-8-7-10-5-3-4-6-11(10)9-12/h2-9H,1H3. The number of benzene rings is 2. The van der Waals surface area contributed by atoms with Crippen molar-refractivity contribution in [3.8, 4) is 5.75 Å². The molecule has 0 aliphatic rings. The molecule has 0 aliphatic heterocycles. The Hall–Kier alpha value is -1.50. The van der Waals surface area contributed by atoms with Crippen LogP contribution in [0.15, 0.2) is 42.5 Å². The lowest BCUT2D eigenvalue weighted by atomic mass is 10.1. The van der Waals surface area contributed by atoms with Gasteiger partial charge in [0, 0.05) is 0 Å². The van der Waals surface area contributed by atoms with E-state index in [4.69, 9.17) is 4.74 Å². The monoisotopic (exact) mass is 171 g/mol. The van der Waals surface area contributed by atoms with Crippen LogP contribution in [0.5, 0.6) is 5.75 Å². The van der Waals surface area contributed by atoms with E-state index < -0.39 is 0 Å². The first-order valence-electron chi connectivity index (χ1n) is 4.33. The van der Waals surface area contributed by atoms with Gasteiger partial charge in [0.05, 0.1) is 0 Å². The summed E-state index contributed by atoms with van der Waals surface area (Å²) in [4.78, 5) is 0. The molecule has 0 amide bonds. The van der Waals surface area contributed by atoms with E-state index >= 15 is 0 Å². The van der Waals surface area contributed by atoms with Crippen LogP contribution in [0.2, 0.25) is 0 Å². The van der Waals surface area contributed by atoms with Crippen molar-refractivity contribution in [3.63, 3.8) is 0 Å². The quantitative estimate of drug-likeness (QED) is 0.672. The maximum atomic E-state index is 5.29. The highest BCUT2D eigenvalue weighted by Gasteiger charge is 1.94. The Bertz CT molecular complexity index is 407. The molecular formula is C12H11O. The number of hydrogen-bond acceptors (Lipinski definition) is 1. The van der Waals surface area contributed by atoms with Crippen LogP contribution in [-0.4, -0.2) is 0 Å². The van der Waals surface area contributed by atoms with Gasteiger partial charge in [-0.1, -0.05) is 30.3 Å². The Labute approximate surface area is 78.0 Å². The second-order valence-corrected chi connectivity index (χ2v) is 2.86. The van der Waals surface area contributed by atoms with Gasteiger partial charge in [0.25, 0.3) is 0 Å². The molecule has 0 aliphatic carbocycles. The Kier molecular flexibility index (Phi) is 2.17. The molecule has 0 saturated heterocycles. The highest BCUT2D eigenvalue weighted by molar-refractivity contribution is 5.83. The number of rotatable bonds is 2. The summed E-state index contributed by atoms with van der Waals surface area (Å²) < 4.78 is 5.29. The zero-order chi connectivity index (χ0) is 9.10. The van der Waals surface area contributed by atoms with Crippen molar-refractivity contribution in [2.45, 2.75) is 6.92 Å². The fourth-order valence-electron chi connectivity index (χ4n) is 1.38. The number of ether oxygens (including phenoxy) is 1. The Morgan fingerprint density at radius 1 is 1.00 bits per heavy atom. The fourth-order valence-corrected chi connectivity index (χ4v) is 1.38. The van der Waals surface area contributed by atoms with E-state index in [1.54, 1.807) is 6.61 Å². The fraction of sp³-hybridized carbons (Fsp3) is 0.0833. The second-order valence-electron chi connectivity index (χ2n) is 2.86. The Morgan fingerprint density at radius 2 is 1.77 bits per heavy atom. The topological polar surface area (TPSA) is 9.23 Å². The van der Waals surface area contributed by atoms with E-state index in [0.29, 0.717) is 0 Å². The van der Waals surface area contributed by atoms with Crippen LogP contribution in [0.4, 0.5) is 0 Å². The van der Waals surface area contributed by atoms with Gasteiger partial charge in [-0.2, -0.15) is 0 Å². The predicted molar refractivity (Wildman–Crippen MR) is 54.6 cm³/mol. The SMILES string of the molecule is C[CH]Oc1ccc2ccccc2c1. The summed E-state index contributed by atoms with van der Waals surface area (Å²) in [6, 6.07) is 14.3. The molecule has 0 N–H and O–H groups in total. The Balaban J connectivity index is 2.49. The van der Waals surface area contributed by atoms with Crippen LogP contribution in [-0.2, 0) is 0 Å². The summed E-state index contributed by atoms with van der Waals surface area (Å²) in [6.45, 7) is 3.55. The molecule has 1 heteroatoms. The van der Waals surface area contributed by atoms with E-state index in [0.717, 1.165) is 5.75 Å². The molecule has 0 heterocycles. The lowest BCUT2D eigenvalue weighted by Crippen LogP contribution is -1.84. The first-order valence-corrected chi connectivity index (χ1v) is 4.33. The lowest BCUT2D eigenvalue weighted by molar-refractivity contribution is 0.417. The summed E-state index contributed by atoms with van der Waals surface area (Å²) in [5.74, 6) is 0.890. The van der Waals surface area contributed by atoms with Crippen molar-refractivity contribution < 1.29 is 4.74 Å². The molecule has 2 aromatic carbocycles. The normalized spacial score (nSPS) is 10.2. The number of hydrogen-bond donors (Lipinski definition) is 0. The largest absolute Gasteiger partial charge is 0.487 e. The zero-order valence-electron chi connectivity index (χ0n) is 7.53. The summed E-state index contributed by atoms with van der Waals surface area (Å²) in [5, 5.41) is 2.45. The minimum absolute atomic E-state index is 0.890. The summed E-state index contributed by atoms with van der Waals surface area (Å²) in [5.41, 5.74) is 0. The van der Waals surface area contributed by atoms with E-state index in [1.165, 1.54) is 10.8 Å². The van der Waals surface area contributed by atoms with Gasteiger partial charge in [0.2, 0.25) is 0 Å². The highest BCUT2D eigenvalue weighted by Crippen LogP contribution is 2.20. The second kappa shape index (κ2) is 3.48. The molecule has 0 spiro atoms. The zero-order valence-corrected chi connectivity index (χ0v) is 7.53. The van der Waals surface area contributed by atoms with Crippen molar-refractivity contribution >= 4 is 10.8 Å². The molecule has 2 aromatic rings. The first-order chi connectivity index (χ1) is 6.40. The van der Waals surface area contributed by atoms with Crippen molar-refractivity contribution in [2.24, 2.45) is 0 Å². The maximum absolute atomic E-state index is 5.29. The molecule has 0 bridgehead atoms. The van der Waals surface area contributed by atoms with Crippen molar-refractivity contribution in [3.05, 3.63) is 49.1 Å². The third kappa shape index (κ3) is 1.64. The van der Waals surface area contributed by atoms with E-state index in [2.05, 4.69) is 18.2 Å². The average Bonchev–Trinajstić information content (AvgIpc) is 2.18. The first kappa shape index (κ1) is 8.11. The van der Waals surface area contributed by atoms with Crippen LogP contribution in [0, 0.1) is 6.61 Å². The maximum Gasteiger partial charge on any atom is 0.132 e. The van der Waals surface area contributed by atoms with Crippen LogP contribution in [0.25, 0.3) is 10.8 Å². The molecule has 65 valence electrons. The van der Waals surface area contributed by atoms with Gasteiger partial charge in [-0.25, -0.2) is 0 Å². The van der Waals surface area contributed by atoms with Gasteiger partial charge < -0.3 is 4.74 Å². The third-order valence-electron chi connectivity index (χ3n) is 1.97. The molecule has 0 saturated carbocycles. The minimum Gasteiger partial charge on any atom is -0.487 e. The predicted octanol–water partition coefficient (Wildman–Crippen LogP) is 3.40. The van der Waals surface area contributed by atoms with Crippen LogP contribution < -0.4 is 4.74 Å². The highest BCUT2D eigenvalue weighted by atomic mass is 16.5. The molecule has 0 fully saturated rings. The average molecular weight is 171 g/mol. The van der Waals surface area contributed by atoms with Gasteiger partial charge >= 0.3 is 0 Å². The summed E-state index contributed by atoms with van der Waals surface area (Å²) in [7, 11) is 0. The molecule has 0 aromatic heterocycles. The van der Waals surface area contributed by atoms with Gasteiger partial charge in [0.1, 0.15) is 12.4 Å². The van der Waals surface area contributed by atoms with E-state index in [1.807, 2.05) is 31.2 Å². The number of fused-ring (bicyclic) bond motifs is 1. The molecular weight excluding hydrogens is 160 g/mol. The van der Waals surface area contributed by atoms with Crippen LogP contribution in [0.3, 0.4) is 0 Å². The molecule has 1 nitrogen and oxygen atoms in total. The van der Waals surface area contributed by atoms with Crippen molar-refractivity contribution in [1.29, 1.82) is 0 Å². The van der Waals surface area contributed by atoms with E-state index in [-0.39, 0.29) is 0 Å². The molecule has 0 atom stereocenters.